The van der Waals surface area contributed by atoms with Gasteiger partial charge in [0, 0.05) is 11.6 Å². The second-order valence-corrected chi connectivity index (χ2v) is 8.79. The van der Waals surface area contributed by atoms with Crippen molar-refractivity contribution in [2.24, 2.45) is 10.2 Å². The molecule has 1 aliphatic carbocycles. The Bertz CT molecular complexity index is 1570. The summed E-state index contributed by atoms with van der Waals surface area (Å²) >= 11 is 0. The van der Waals surface area contributed by atoms with E-state index in [2.05, 4.69) is 15.3 Å². The van der Waals surface area contributed by atoms with Gasteiger partial charge >= 0.3 is 5.97 Å². The van der Waals surface area contributed by atoms with Gasteiger partial charge in [0.25, 0.3) is 5.56 Å². The fourth-order valence-corrected chi connectivity index (χ4v) is 4.47. The maximum absolute atomic E-state index is 14.4. The van der Waals surface area contributed by atoms with Gasteiger partial charge in [0.15, 0.2) is 11.4 Å². The molecule has 3 aromatic carbocycles. The number of carbonyl (C=O) groups is 1. The molecule has 0 fully saturated rings. The lowest BCUT2D eigenvalue weighted by molar-refractivity contribution is 0.0697. The van der Waals surface area contributed by atoms with Gasteiger partial charge in [0.05, 0.1) is 16.9 Å². The first kappa shape index (κ1) is 23.2. The molecule has 4 aromatic rings. The van der Waals surface area contributed by atoms with Gasteiger partial charge in [-0.1, -0.05) is 18.2 Å². The van der Waals surface area contributed by atoms with E-state index < -0.39 is 17.3 Å². The predicted molar refractivity (Wildman–Crippen MR) is 132 cm³/mol. The van der Waals surface area contributed by atoms with Gasteiger partial charge in [0.2, 0.25) is 0 Å². The number of hydrogen-bond acceptors (Lipinski definition) is 5. The summed E-state index contributed by atoms with van der Waals surface area (Å²) in [6, 6.07) is 13.7. The first-order valence-electron chi connectivity index (χ1n) is 11.5. The fourth-order valence-electron chi connectivity index (χ4n) is 4.47. The quantitative estimate of drug-likeness (QED) is 0.301. The molecule has 3 N–H and O–H groups in total. The van der Waals surface area contributed by atoms with E-state index in [1.807, 2.05) is 18.2 Å². The third kappa shape index (κ3) is 4.31. The third-order valence-electron chi connectivity index (χ3n) is 6.39. The zero-order valence-corrected chi connectivity index (χ0v) is 19.5. The summed E-state index contributed by atoms with van der Waals surface area (Å²) in [4.78, 5) is 24.2. The van der Waals surface area contributed by atoms with Crippen LogP contribution in [0.25, 0.3) is 16.8 Å². The van der Waals surface area contributed by atoms with Crippen LogP contribution in [0.3, 0.4) is 0 Å². The maximum Gasteiger partial charge on any atom is 0.335 e. The zero-order valence-electron chi connectivity index (χ0n) is 19.5. The van der Waals surface area contributed by atoms with Crippen LogP contribution >= 0.6 is 0 Å². The number of aromatic carboxylic acids is 1. The van der Waals surface area contributed by atoms with Crippen molar-refractivity contribution in [2.45, 2.75) is 32.6 Å². The first-order chi connectivity index (χ1) is 17.3. The normalized spacial score (nSPS) is 13.2. The molecule has 1 aromatic heterocycles. The van der Waals surface area contributed by atoms with Gasteiger partial charge < -0.3 is 10.2 Å². The number of benzene rings is 3. The number of aryl methyl sites for hydroxylation is 3. The molecule has 36 heavy (non-hydrogen) atoms. The fraction of sp³-hybridized carbons (Fsp3) is 0.185. The number of aromatic hydroxyl groups is 1. The Hall–Kier alpha value is -4.53. The Kier molecular flexibility index (Phi) is 5.97. The number of carboxylic acids is 1. The van der Waals surface area contributed by atoms with Crippen molar-refractivity contribution in [1.29, 1.82) is 0 Å². The summed E-state index contributed by atoms with van der Waals surface area (Å²) in [5, 5.41) is 30.8. The Morgan fingerprint density at radius 1 is 1.00 bits per heavy atom. The van der Waals surface area contributed by atoms with Gasteiger partial charge in [-0.2, -0.15) is 0 Å². The summed E-state index contributed by atoms with van der Waals surface area (Å²) in [5.74, 6) is -2.11. The Morgan fingerprint density at radius 3 is 2.44 bits per heavy atom. The topological polar surface area (TPSA) is 120 Å². The van der Waals surface area contributed by atoms with Crippen molar-refractivity contribution in [1.82, 2.24) is 9.78 Å². The third-order valence-corrected chi connectivity index (χ3v) is 6.39. The van der Waals surface area contributed by atoms with Crippen LogP contribution in [-0.2, 0) is 12.8 Å². The van der Waals surface area contributed by atoms with Gasteiger partial charge in [-0.05, 0) is 79.6 Å². The number of azo groups is 1. The van der Waals surface area contributed by atoms with Crippen molar-refractivity contribution >= 4 is 17.3 Å². The molecule has 0 saturated carbocycles. The Balaban J connectivity index is 1.49. The molecule has 0 atom stereocenters. The van der Waals surface area contributed by atoms with Crippen LogP contribution < -0.4 is 5.56 Å². The van der Waals surface area contributed by atoms with Crippen LogP contribution in [0, 0.1) is 12.7 Å². The van der Waals surface area contributed by atoms with Crippen molar-refractivity contribution in [3.8, 4) is 22.6 Å². The van der Waals surface area contributed by atoms with E-state index in [1.165, 1.54) is 46.5 Å². The summed E-state index contributed by atoms with van der Waals surface area (Å²) in [6.45, 7) is 1.69. The van der Waals surface area contributed by atoms with Gasteiger partial charge in [-0.15, -0.1) is 10.2 Å². The van der Waals surface area contributed by atoms with E-state index in [-0.39, 0.29) is 28.3 Å². The lowest BCUT2D eigenvalue weighted by Gasteiger charge is -2.16. The van der Waals surface area contributed by atoms with Crippen LogP contribution in [0.5, 0.6) is 5.75 Å². The van der Waals surface area contributed by atoms with Gasteiger partial charge in [-0.3, -0.25) is 9.89 Å². The molecule has 0 unspecified atom stereocenters. The Morgan fingerprint density at radius 2 is 1.72 bits per heavy atom. The molecular formula is C27H23FN4O4. The molecular weight excluding hydrogens is 463 g/mol. The van der Waals surface area contributed by atoms with Crippen molar-refractivity contribution in [3.63, 3.8) is 0 Å². The van der Waals surface area contributed by atoms with Crippen molar-refractivity contribution < 1.29 is 19.4 Å². The van der Waals surface area contributed by atoms with Crippen LogP contribution in [0.15, 0.2) is 69.6 Å². The van der Waals surface area contributed by atoms with Crippen molar-refractivity contribution in [2.75, 3.05) is 0 Å². The number of halogens is 1. The summed E-state index contributed by atoms with van der Waals surface area (Å²) in [6.07, 6.45) is 4.30. The predicted octanol–water partition coefficient (Wildman–Crippen LogP) is 5.98. The highest BCUT2D eigenvalue weighted by Gasteiger charge is 2.17. The van der Waals surface area contributed by atoms with E-state index in [4.69, 9.17) is 5.11 Å². The van der Waals surface area contributed by atoms with E-state index in [0.29, 0.717) is 16.9 Å². The average molecular weight is 487 g/mol. The molecule has 182 valence electrons. The van der Waals surface area contributed by atoms with E-state index in [9.17, 15) is 19.1 Å². The number of fused-ring (bicyclic) bond motifs is 1. The molecule has 0 bridgehead atoms. The van der Waals surface area contributed by atoms with Crippen LogP contribution in [-0.4, -0.2) is 26.0 Å². The minimum atomic E-state index is -1.09. The largest absolute Gasteiger partial charge is 0.505 e. The highest BCUT2D eigenvalue weighted by atomic mass is 19.1. The second kappa shape index (κ2) is 9.26. The molecule has 1 heterocycles. The number of H-pyrrole nitrogens is 1. The highest BCUT2D eigenvalue weighted by molar-refractivity contribution is 5.88. The molecule has 0 spiro atoms. The molecule has 5 rings (SSSR count). The SMILES string of the molecule is Cc1[nH]n(-c2ccc3c(c2)CCCC3)c(=O)c1N=Nc1cc(F)cc(-c2ccc(C(=O)O)cc2)c1O. The maximum atomic E-state index is 14.4. The molecule has 0 radical (unpaired) electrons. The first-order valence-corrected chi connectivity index (χ1v) is 11.5. The van der Waals surface area contributed by atoms with Gasteiger partial charge in [-0.25, -0.2) is 13.9 Å². The number of phenols is 1. The monoisotopic (exact) mass is 486 g/mol. The average Bonchev–Trinajstić information content (AvgIpc) is 3.17. The van der Waals surface area contributed by atoms with E-state index in [1.54, 1.807) is 6.92 Å². The molecule has 9 heteroatoms. The van der Waals surface area contributed by atoms with E-state index in [0.717, 1.165) is 31.4 Å². The summed E-state index contributed by atoms with van der Waals surface area (Å²) in [5.41, 5.74) is 3.77. The summed E-state index contributed by atoms with van der Waals surface area (Å²) < 4.78 is 15.8. The van der Waals surface area contributed by atoms with Crippen LogP contribution in [0.2, 0.25) is 0 Å². The number of nitrogens with zero attached hydrogens (tertiary/aromatic N) is 3. The number of rotatable bonds is 5. The minimum Gasteiger partial charge on any atom is -0.505 e. The number of aromatic nitrogens is 2. The molecule has 0 aliphatic heterocycles. The van der Waals surface area contributed by atoms with Crippen LogP contribution in [0.1, 0.15) is 40.0 Å². The number of hydrogen-bond donors (Lipinski definition) is 3. The van der Waals surface area contributed by atoms with Crippen LogP contribution in [0.4, 0.5) is 15.8 Å². The zero-order chi connectivity index (χ0) is 25.4. The molecule has 0 amide bonds. The van der Waals surface area contributed by atoms with E-state index >= 15 is 0 Å². The Labute approximate surface area is 205 Å². The number of carboxylic acid groups (broad SMARTS) is 1. The second-order valence-electron chi connectivity index (χ2n) is 8.79. The standard InChI is InChI=1S/C27H23FN4O4/c1-15-24(26(34)32(31-15)21-11-10-16-4-2-3-5-19(16)12-21)30-29-23-14-20(28)13-22(25(23)33)17-6-8-18(9-7-17)27(35)36/h6-14,31,33H,2-5H2,1H3,(H,35,36). The molecule has 0 saturated heterocycles. The smallest absolute Gasteiger partial charge is 0.335 e. The summed E-state index contributed by atoms with van der Waals surface area (Å²) in [7, 11) is 0. The lowest BCUT2D eigenvalue weighted by Crippen LogP contribution is -2.15. The number of phenolic OH excluding ortho intramolecular Hbond substituents is 1. The van der Waals surface area contributed by atoms with Gasteiger partial charge in [0.1, 0.15) is 11.5 Å². The molecule has 8 nitrogen and oxygen atoms in total. The number of nitrogens with one attached hydrogen (secondary N) is 1. The number of aromatic amines is 1. The highest BCUT2D eigenvalue weighted by Crippen LogP contribution is 2.39. The molecule has 1 aliphatic rings. The minimum absolute atomic E-state index is 0.0451. The van der Waals surface area contributed by atoms with Crippen molar-refractivity contribution in [3.05, 3.63) is 93.2 Å². The lowest BCUT2D eigenvalue weighted by atomic mass is 9.91.